The van der Waals surface area contributed by atoms with Gasteiger partial charge in [0.2, 0.25) is 0 Å². The third-order valence-corrected chi connectivity index (χ3v) is 5.59. The van der Waals surface area contributed by atoms with Crippen molar-refractivity contribution in [3.05, 3.63) is 47.1 Å². The molecule has 1 aromatic carbocycles. The van der Waals surface area contributed by atoms with Crippen LogP contribution in [-0.4, -0.2) is 23.1 Å². The lowest BCUT2D eigenvalue weighted by Crippen LogP contribution is -2.27. The summed E-state index contributed by atoms with van der Waals surface area (Å²) in [5, 5.41) is 10.4. The van der Waals surface area contributed by atoms with Gasteiger partial charge in [-0.1, -0.05) is 38.0 Å². The standard InChI is InChI=1S/C25H34O5/c1-7-8-9-10-19-12-23(29-17(5)26)25(24(13-19)30-18(6)27)21-11-16(4)22(28)14-20(21)15(2)3/h11-13,20-22,28H,2,7-10,14H2,1,3-6H3/t20-,21+,22?/m0/s1. The topological polar surface area (TPSA) is 72.8 Å². The molecular weight excluding hydrogens is 380 g/mol. The molecule has 164 valence electrons. The Labute approximate surface area is 179 Å². The minimum absolute atomic E-state index is 0.0711. The molecule has 1 aliphatic rings. The van der Waals surface area contributed by atoms with Gasteiger partial charge in [-0.3, -0.25) is 9.59 Å². The molecule has 2 rings (SSSR count). The zero-order valence-corrected chi connectivity index (χ0v) is 18.8. The van der Waals surface area contributed by atoms with Gasteiger partial charge >= 0.3 is 11.9 Å². The maximum absolute atomic E-state index is 11.9. The molecule has 5 nitrogen and oxygen atoms in total. The summed E-state index contributed by atoms with van der Waals surface area (Å²) >= 11 is 0. The third-order valence-electron chi connectivity index (χ3n) is 5.59. The maximum Gasteiger partial charge on any atom is 0.308 e. The molecule has 3 atom stereocenters. The van der Waals surface area contributed by atoms with E-state index in [2.05, 4.69) is 13.5 Å². The van der Waals surface area contributed by atoms with E-state index in [0.29, 0.717) is 23.5 Å². The number of allylic oxidation sites excluding steroid dienone is 2. The quantitative estimate of drug-likeness (QED) is 0.272. The number of carbonyl (C=O) groups is 2. The molecule has 1 aliphatic carbocycles. The lowest BCUT2D eigenvalue weighted by Gasteiger charge is -2.34. The van der Waals surface area contributed by atoms with Crippen LogP contribution in [0.4, 0.5) is 0 Å². The van der Waals surface area contributed by atoms with E-state index in [1.54, 1.807) is 0 Å². The summed E-state index contributed by atoms with van der Waals surface area (Å²) in [6.07, 6.45) is 5.93. The van der Waals surface area contributed by atoms with Crippen molar-refractivity contribution < 1.29 is 24.2 Å². The molecule has 1 unspecified atom stereocenters. The lowest BCUT2D eigenvalue weighted by atomic mass is 9.72. The van der Waals surface area contributed by atoms with Crippen molar-refractivity contribution >= 4 is 11.9 Å². The Morgan fingerprint density at radius 3 is 2.13 bits per heavy atom. The van der Waals surface area contributed by atoms with Gasteiger partial charge < -0.3 is 14.6 Å². The van der Waals surface area contributed by atoms with Crippen LogP contribution in [0.25, 0.3) is 0 Å². The average Bonchev–Trinajstić information content (AvgIpc) is 2.63. The summed E-state index contributed by atoms with van der Waals surface area (Å²) in [4.78, 5) is 23.8. The van der Waals surface area contributed by atoms with Crippen LogP contribution in [0, 0.1) is 5.92 Å². The second kappa shape index (κ2) is 10.6. The molecule has 5 heteroatoms. The monoisotopic (exact) mass is 414 g/mol. The van der Waals surface area contributed by atoms with Gasteiger partial charge in [0, 0.05) is 25.3 Å². The van der Waals surface area contributed by atoms with Crippen LogP contribution in [0.3, 0.4) is 0 Å². The van der Waals surface area contributed by atoms with E-state index in [-0.39, 0.29) is 11.8 Å². The van der Waals surface area contributed by atoms with Crippen LogP contribution in [0.5, 0.6) is 11.5 Å². The summed E-state index contributed by atoms with van der Waals surface area (Å²) in [6, 6.07) is 3.76. The second-order valence-corrected chi connectivity index (χ2v) is 8.29. The van der Waals surface area contributed by atoms with Gasteiger partial charge in [-0.25, -0.2) is 0 Å². The van der Waals surface area contributed by atoms with Crippen LogP contribution in [0.1, 0.15) is 77.3 Å². The summed E-state index contributed by atoms with van der Waals surface area (Å²) in [7, 11) is 0. The summed E-state index contributed by atoms with van der Waals surface area (Å²) in [5.74, 6) is -0.343. The number of aliphatic hydroxyl groups excluding tert-OH is 1. The van der Waals surface area contributed by atoms with Crippen LogP contribution >= 0.6 is 0 Å². The second-order valence-electron chi connectivity index (χ2n) is 8.29. The van der Waals surface area contributed by atoms with Crippen LogP contribution in [0.15, 0.2) is 35.9 Å². The number of hydrogen-bond donors (Lipinski definition) is 1. The van der Waals surface area contributed by atoms with E-state index in [0.717, 1.165) is 42.4 Å². The van der Waals surface area contributed by atoms with Gasteiger partial charge in [0.1, 0.15) is 11.5 Å². The van der Waals surface area contributed by atoms with Crippen molar-refractivity contribution in [2.45, 2.75) is 78.7 Å². The number of unbranched alkanes of at least 4 members (excludes halogenated alkanes) is 2. The number of aryl methyl sites for hydroxylation is 1. The first-order valence-corrected chi connectivity index (χ1v) is 10.7. The molecule has 0 bridgehead atoms. The zero-order chi connectivity index (χ0) is 22.4. The third kappa shape index (κ3) is 6.05. The Morgan fingerprint density at radius 2 is 1.67 bits per heavy atom. The highest BCUT2D eigenvalue weighted by atomic mass is 16.5. The molecule has 1 aromatic rings. The summed E-state index contributed by atoms with van der Waals surface area (Å²) < 4.78 is 11.2. The van der Waals surface area contributed by atoms with Crippen molar-refractivity contribution in [3.8, 4) is 11.5 Å². The first-order chi connectivity index (χ1) is 14.1. The predicted octanol–water partition coefficient (Wildman–Crippen LogP) is 5.26. The van der Waals surface area contributed by atoms with Crippen molar-refractivity contribution in [2.24, 2.45) is 5.92 Å². The van der Waals surface area contributed by atoms with Crippen molar-refractivity contribution in [1.29, 1.82) is 0 Å². The first-order valence-electron chi connectivity index (χ1n) is 10.7. The molecule has 0 heterocycles. The SMILES string of the molecule is C=C(C)[C@@H]1CC(O)C(C)=C[C@H]1c1c(OC(C)=O)cc(CCCCC)cc1OC(C)=O. The number of carbonyl (C=O) groups excluding carboxylic acids is 2. The van der Waals surface area contributed by atoms with Gasteiger partial charge in [-0.05, 0) is 62.3 Å². The fraction of sp³-hybridized carbons (Fsp3) is 0.520. The van der Waals surface area contributed by atoms with Crippen molar-refractivity contribution in [3.63, 3.8) is 0 Å². The molecule has 0 amide bonds. The fourth-order valence-corrected chi connectivity index (χ4v) is 4.06. The molecule has 0 spiro atoms. The average molecular weight is 415 g/mol. The molecule has 0 aromatic heterocycles. The van der Waals surface area contributed by atoms with Gasteiger partial charge in [0.25, 0.3) is 0 Å². The van der Waals surface area contributed by atoms with E-state index in [1.807, 2.05) is 32.1 Å². The Hall–Kier alpha value is -2.40. The minimum atomic E-state index is -0.550. The molecule has 0 aliphatic heterocycles. The van der Waals surface area contributed by atoms with E-state index in [9.17, 15) is 14.7 Å². The van der Waals surface area contributed by atoms with E-state index in [1.165, 1.54) is 13.8 Å². The molecule has 0 fully saturated rings. The number of esters is 2. The summed E-state index contributed by atoms with van der Waals surface area (Å²) in [5.41, 5.74) is 3.37. The normalized spacial score (nSPS) is 21.0. The van der Waals surface area contributed by atoms with Crippen LogP contribution < -0.4 is 9.47 Å². The Kier molecular flexibility index (Phi) is 8.42. The highest BCUT2D eigenvalue weighted by Crippen LogP contribution is 2.47. The van der Waals surface area contributed by atoms with Gasteiger partial charge in [0.05, 0.1) is 6.10 Å². The van der Waals surface area contributed by atoms with Crippen molar-refractivity contribution in [2.75, 3.05) is 0 Å². The largest absolute Gasteiger partial charge is 0.426 e. The number of benzene rings is 1. The number of ether oxygens (including phenoxy) is 2. The minimum Gasteiger partial charge on any atom is -0.426 e. The molecule has 0 saturated heterocycles. The Balaban J connectivity index is 2.67. The van der Waals surface area contributed by atoms with Gasteiger partial charge in [-0.2, -0.15) is 0 Å². The van der Waals surface area contributed by atoms with E-state index >= 15 is 0 Å². The number of rotatable bonds is 8. The molecular formula is C25H34O5. The molecule has 0 radical (unpaired) electrons. The van der Waals surface area contributed by atoms with E-state index < -0.39 is 18.0 Å². The zero-order valence-electron chi connectivity index (χ0n) is 18.8. The van der Waals surface area contributed by atoms with Crippen molar-refractivity contribution in [1.82, 2.24) is 0 Å². The van der Waals surface area contributed by atoms with E-state index in [4.69, 9.17) is 9.47 Å². The Morgan fingerprint density at radius 1 is 1.10 bits per heavy atom. The molecule has 1 N–H and O–H groups in total. The lowest BCUT2D eigenvalue weighted by molar-refractivity contribution is -0.132. The molecule has 0 saturated carbocycles. The highest BCUT2D eigenvalue weighted by molar-refractivity contribution is 5.73. The predicted molar refractivity (Wildman–Crippen MR) is 118 cm³/mol. The first kappa shape index (κ1) is 23.9. The van der Waals surface area contributed by atoms with Gasteiger partial charge in [0.15, 0.2) is 0 Å². The number of hydrogen-bond acceptors (Lipinski definition) is 5. The summed E-state index contributed by atoms with van der Waals surface area (Å²) in [6.45, 7) is 12.8. The van der Waals surface area contributed by atoms with Gasteiger partial charge in [-0.15, -0.1) is 0 Å². The molecule has 30 heavy (non-hydrogen) atoms. The smallest absolute Gasteiger partial charge is 0.308 e. The Bertz CT molecular complexity index is 799. The van der Waals surface area contributed by atoms with Crippen LogP contribution in [-0.2, 0) is 16.0 Å². The maximum atomic E-state index is 11.9. The number of aliphatic hydroxyl groups is 1. The highest BCUT2D eigenvalue weighted by Gasteiger charge is 2.34. The fourth-order valence-electron chi connectivity index (χ4n) is 4.06. The van der Waals surface area contributed by atoms with Crippen LogP contribution in [0.2, 0.25) is 0 Å².